The number of esters is 1. The standard InChI is InChI=1S/C14H20N2O3/c1-2-19-14(18)11-6-7-13(16-9-11)15-8-10-4-3-5-12(10)17/h6-7,9-10,12,17H,2-5,8H2,1H3,(H,15,16). The summed E-state index contributed by atoms with van der Waals surface area (Å²) in [5, 5.41) is 12.9. The number of pyridine rings is 1. The Hall–Kier alpha value is -1.62. The van der Waals surface area contributed by atoms with Crippen LogP contribution in [0.2, 0.25) is 0 Å². The lowest BCUT2D eigenvalue weighted by atomic mass is 10.1. The first-order valence-corrected chi connectivity index (χ1v) is 6.76. The van der Waals surface area contributed by atoms with E-state index in [1.54, 1.807) is 19.1 Å². The number of anilines is 1. The Bertz CT molecular complexity index is 419. The molecule has 0 saturated heterocycles. The molecule has 0 radical (unpaired) electrons. The highest BCUT2D eigenvalue weighted by atomic mass is 16.5. The average Bonchev–Trinajstić information content (AvgIpc) is 2.83. The fraction of sp³-hybridized carbons (Fsp3) is 0.571. The van der Waals surface area contributed by atoms with Crippen molar-refractivity contribution >= 4 is 11.8 Å². The second-order valence-electron chi connectivity index (χ2n) is 4.79. The third kappa shape index (κ3) is 3.67. The van der Waals surface area contributed by atoms with Gasteiger partial charge >= 0.3 is 5.97 Å². The normalized spacial score (nSPS) is 22.2. The van der Waals surface area contributed by atoms with Crippen LogP contribution in [-0.4, -0.2) is 35.3 Å². The number of nitrogens with zero attached hydrogens (tertiary/aromatic N) is 1. The summed E-state index contributed by atoms with van der Waals surface area (Å²) in [7, 11) is 0. The van der Waals surface area contributed by atoms with Crippen molar-refractivity contribution in [2.75, 3.05) is 18.5 Å². The quantitative estimate of drug-likeness (QED) is 0.794. The minimum Gasteiger partial charge on any atom is -0.462 e. The summed E-state index contributed by atoms with van der Waals surface area (Å²) in [5.74, 6) is 0.659. The van der Waals surface area contributed by atoms with Gasteiger partial charge in [-0.05, 0) is 31.9 Å². The maximum atomic E-state index is 11.5. The SMILES string of the molecule is CCOC(=O)c1ccc(NCC2CCCC2O)nc1. The predicted molar refractivity (Wildman–Crippen MR) is 72.0 cm³/mol. The van der Waals surface area contributed by atoms with E-state index in [1.165, 1.54) is 6.20 Å². The Morgan fingerprint density at radius 3 is 2.95 bits per heavy atom. The third-order valence-electron chi connectivity index (χ3n) is 3.44. The number of hydrogen-bond donors (Lipinski definition) is 2. The van der Waals surface area contributed by atoms with E-state index in [0.29, 0.717) is 30.5 Å². The molecule has 2 rings (SSSR count). The van der Waals surface area contributed by atoms with Gasteiger partial charge < -0.3 is 15.2 Å². The second kappa shape index (κ2) is 6.52. The Labute approximate surface area is 113 Å². The Balaban J connectivity index is 1.86. The molecule has 2 atom stereocenters. The van der Waals surface area contributed by atoms with Crippen LogP contribution in [0.5, 0.6) is 0 Å². The largest absolute Gasteiger partial charge is 0.462 e. The van der Waals surface area contributed by atoms with Crippen molar-refractivity contribution in [2.24, 2.45) is 5.92 Å². The number of aliphatic hydroxyl groups is 1. The molecule has 5 heteroatoms. The number of rotatable bonds is 5. The van der Waals surface area contributed by atoms with Crippen LogP contribution >= 0.6 is 0 Å². The maximum Gasteiger partial charge on any atom is 0.339 e. The van der Waals surface area contributed by atoms with Gasteiger partial charge in [-0.15, -0.1) is 0 Å². The van der Waals surface area contributed by atoms with Crippen LogP contribution in [0, 0.1) is 5.92 Å². The summed E-state index contributed by atoms with van der Waals surface area (Å²) in [6.45, 7) is 2.85. The third-order valence-corrected chi connectivity index (χ3v) is 3.44. The van der Waals surface area contributed by atoms with E-state index in [4.69, 9.17) is 4.74 Å². The molecule has 1 fully saturated rings. The van der Waals surface area contributed by atoms with Crippen molar-refractivity contribution in [3.8, 4) is 0 Å². The lowest BCUT2D eigenvalue weighted by Gasteiger charge is -2.15. The summed E-state index contributed by atoms with van der Waals surface area (Å²) < 4.78 is 4.89. The second-order valence-corrected chi connectivity index (χ2v) is 4.79. The van der Waals surface area contributed by atoms with E-state index in [-0.39, 0.29) is 12.1 Å². The highest BCUT2D eigenvalue weighted by molar-refractivity contribution is 5.89. The summed E-state index contributed by atoms with van der Waals surface area (Å²) in [5.41, 5.74) is 0.452. The molecule has 0 amide bonds. The van der Waals surface area contributed by atoms with Crippen LogP contribution in [0.1, 0.15) is 36.5 Å². The van der Waals surface area contributed by atoms with Crippen molar-refractivity contribution in [3.63, 3.8) is 0 Å². The molecule has 2 N–H and O–H groups in total. The van der Waals surface area contributed by atoms with Gasteiger partial charge in [0.1, 0.15) is 5.82 Å². The number of aromatic nitrogens is 1. The van der Waals surface area contributed by atoms with E-state index in [9.17, 15) is 9.90 Å². The van der Waals surface area contributed by atoms with Crippen molar-refractivity contribution in [2.45, 2.75) is 32.3 Å². The van der Waals surface area contributed by atoms with Crippen LogP contribution in [-0.2, 0) is 4.74 Å². The zero-order valence-electron chi connectivity index (χ0n) is 11.1. The molecule has 1 aliphatic rings. The molecule has 1 aromatic rings. The average molecular weight is 264 g/mol. The van der Waals surface area contributed by atoms with Gasteiger partial charge in [0, 0.05) is 18.7 Å². The summed E-state index contributed by atoms with van der Waals surface area (Å²) in [4.78, 5) is 15.6. The van der Waals surface area contributed by atoms with Crippen molar-refractivity contribution in [1.29, 1.82) is 0 Å². The van der Waals surface area contributed by atoms with Crippen LogP contribution in [0.4, 0.5) is 5.82 Å². The maximum absolute atomic E-state index is 11.5. The van der Waals surface area contributed by atoms with E-state index in [2.05, 4.69) is 10.3 Å². The van der Waals surface area contributed by atoms with Gasteiger partial charge in [-0.25, -0.2) is 9.78 Å². The van der Waals surface area contributed by atoms with Crippen LogP contribution in [0.25, 0.3) is 0 Å². The fourth-order valence-corrected chi connectivity index (χ4v) is 2.32. The van der Waals surface area contributed by atoms with Gasteiger partial charge in [0.25, 0.3) is 0 Å². The number of hydrogen-bond acceptors (Lipinski definition) is 5. The number of nitrogens with one attached hydrogen (secondary N) is 1. The van der Waals surface area contributed by atoms with E-state index < -0.39 is 0 Å². The molecule has 104 valence electrons. The van der Waals surface area contributed by atoms with Crippen molar-refractivity contribution < 1.29 is 14.6 Å². The van der Waals surface area contributed by atoms with Crippen LogP contribution in [0.15, 0.2) is 18.3 Å². The van der Waals surface area contributed by atoms with Gasteiger partial charge in [0.05, 0.1) is 18.3 Å². The molecule has 1 aliphatic carbocycles. The first kappa shape index (κ1) is 13.8. The number of aliphatic hydroxyl groups excluding tert-OH is 1. The molecule has 1 saturated carbocycles. The van der Waals surface area contributed by atoms with Crippen molar-refractivity contribution in [3.05, 3.63) is 23.9 Å². The van der Waals surface area contributed by atoms with Gasteiger partial charge in [-0.1, -0.05) is 6.42 Å². The highest BCUT2D eigenvalue weighted by Gasteiger charge is 2.24. The van der Waals surface area contributed by atoms with E-state index >= 15 is 0 Å². The predicted octanol–water partition coefficient (Wildman–Crippen LogP) is 1.83. The minimum atomic E-state index is -0.354. The number of carbonyl (C=O) groups excluding carboxylic acids is 1. The molecular formula is C14H20N2O3. The first-order chi connectivity index (χ1) is 9.20. The van der Waals surface area contributed by atoms with Gasteiger partial charge in [0.2, 0.25) is 0 Å². The van der Waals surface area contributed by atoms with Crippen LogP contribution < -0.4 is 5.32 Å². The zero-order chi connectivity index (χ0) is 13.7. The lowest BCUT2D eigenvalue weighted by Crippen LogP contribution is -2.22. The molecule has 0 aliphatic heterocycles. The summed E-state index contributed by atoms with van der Waals surface area (Å²) in [6, 6.07) is 3.45. The van der Waals surface area contributed by atoms with Gasteiger partial charge in [-0.2, -0.15) is 0 Å². The van der Waals surface area contributed by atoms with E-state index in [1.807, 2.05) is 0 Å². The molecule has 0 spiro atoms. The van der Waals surface area contributed by atoms with Gasteiger partial charge in [-0.3, -0.25) is 0 Å². The van der Waals surface area contributed by atoms with Crippen molar-refractivity contribution in [1.82, 2.24) is 4.98 Å². The molecule has 2 unspecified atom stereocenters. The number of carbonyl (C=O) groups is 1. The summed E-state index contributed by atoms with van der Waals surface area (Å²) >= 11 is 0. The molecule has 0 aromatic carbocycles. The number of ether oxygens (including phenoxy) is 1. The zero-order valence-corrected chi connectivity index (χ0v) is 11.1. The molecule has 1 aromatic heterocycles. The fourth-order valence-electron chi connectivity index (χ4n) is 2.32. The lowest BCUT2D eigenvalue weighted by molar-refractivity contribution is 0.0526. The Morgan fingerprint density at radius 1 is 1.53 bits per heavy atom. The molecule has 5 nitrogen and oxygen atoms in total. The highest BCUT2D eigenvalue weighted by Crippen LogP contribution is 2.25. The minimum absolute atomic E-state index is 0.202. The Kier molecular flexibility index (Phi) is 4.74. The molecule has 19 heavy (non-hydrogen) atoms. The summed E-state index contributed by atoms with van der Waals surface area (Å²) in [6.07, 6.45) is 4.33. The van der Waals surface area contributed by atoms with Crippen LogP contribution in [0.3, 0.4) is 0 Å². The van der Waals surface area contributed by atoms with Gasteiger partial charge in [0.15, 0.2) is 0 Å². The first-order valence-electron chi connectivity index (χ1n) is 6.76. The molecule has 1 heterocycles. The van der Waals surface area contributed by atoms with E-state index in [0.717, 1.165) is 19.3 Å². The molecule has 0 bridgehead atoms. The Morgan fingerprint density at radius 2 is 2.37 bits per heavy atom. The monoisotopic (exact) mass is 264 g/mol. The molecular weight excluding hydrogens is 244 g/mol. The topological polar surface area (TPSA) is 71.5 Å². The smallest absolute Gasteiger partial charge is 0.339 e.